The van der Waals surface area contributed by atoms with Gasteiger partial charge in [-0.3, -0.25) is 106 Å². The lowest BCUT2D eigenvalue weighted by molar-refractivity contribution is -0.142. The average Bonchev–Trinajstić information content (AvgIpc) is 1.76. The van der Waals surface area contributed by atoms with Gasteiger partial charge in [0.05, 0.1) is 44.4 Å². The summed E-state index contributed by atoms with van der Waals surface area (Å²) < 4.78 is 0. The summed E-state index contributed by atoms with van der Waals surface area (Å²) in [6, 6.07) is -28.3. The van der Waals surface area contributed by atoms with Crippen LogP contribution < -0.4 is 108 Å². The number of aliphatic hydroxyl groups is 4. The number of carbonyl (C=O) groups is 22. The Morgan fingerprint density at radius 3 is 1.17 bits per heavy atom. The molecule has 0 aromatic carbocycles. The molecule has 128 heavy (non-hydrogen) atoms. The third-order valence-corrected chi connectivity index (χ3v) is 19.3. The molecule has 1 rings (SSSR count). The van der Waals surface area contributed by atoms with Crippen LogP contribution in [0.1, 0.15) is 164 Å². The predicted molar refractivity (Wildman–Crippen MR) is 440 cm³/mol. The van der Waals surface area contributed by atoms with Crippen LogP contribution in [-0.2, 0) is 105 Å². The molecular weight excluding hydrogens is 1710 g/mol. The van der Waals surface area contributed by atoms with Crippen molar-refractivity contribution in [1.82, 2.24) is 84.7 Å². The molecule has 0 saturated carbocycles. The number of nitrogens with two attached hydrogens (primary N) is 5. The molecule has 0 aliphatic carbocycles. The largest absolute Gasteiger partial charge is 0.481 e. The zero-order valence-corrected chi connectivity index (χ0v) is 71.6. The third-order valence-electron chi connectivity index (χ3n) is 19.3. The van der Waals surface area contributed by atoms with Crippen molar-refractivity contribution in [2.24, 2.45) is 39.6 Å². The standard InChI is InChI=1S/C74H124N22O32/c1-33(2)55(69(123)95-57(37(6)100)71(125)89-43(20-24-53(108)109)65(119)94-56(36(5)99)70(124)88-41(18-22-51(104)105)61(115)82-34(3)58(112)90-45(29-54(110)111)60(114)81-30-49(101)84-44(73(127)128)14-8-10-26-76)93-67(121)47(32-98)92-66(120)46(31-97)91-63(117)39(15-11-27-80-74(78)79)87-68(122)48-16-12-28-96(48)72(126)35(4)83-62(116)40(17-21-50(102)103)86-64(118)42(19-23-52(106)107)85-59(113)38(77)13-7-9-25-75/h33-48,55-57,97-100H,7-32,75-77H2,1-6H3,(H,81,114)(H,82,115)(H,83,116)(H,84,101)(H,85,113)(H,86,118)(H,87,122)(H,88,124)(H,89,125)(H,90,112)(H,91,117)(H,92,120)(H,93,121)(H,94,119)(H,95,123)(H,102,103)(H,104,105)(H,106,107)(H,108,109)(H,110,111)(H,127,128)(H4,78,79,80)/t34-,35-,36+,37+,38-,39-,40-,41-,42-,43-,44-,45-,46-,47-,48-,55-,56-,57-/m0/s1. The van der Waals surface area contributed by atoms with Crippen molar-refractivity contribution in [3.05, 3.63) is 0 Å². The summed E-state index contributed by atoms with van der Waals surface area (Å²) in [6.07, 6.45) is -9.40. The second-order valence-electron chi connectivity index (χ2n) is 30.3. The molecule has 1 heterocycles. The van der Waals surface area contributed by atoms with E-state index in [2.05, 4.69) is 79.4 Å². The quantitative estimate of drug-likeness (QED) is 0.0153. The van der Waals surface area contributed by atoms with E-state index in [-0.39, 0.29) is 64.1 Å². The Bertz CT molecular complexity index is 3890. The smallest absolute Gasteiger partial charge is 0.326 e. The third kappa shape index (κ3) is 42.5. The minimum Gasteiger partial charge on any atom is -0.481 e. The number of nitrogens with one attached hydrogen (secondary N) is 15. The number of aliphatic hydroxyl groups excluding tert-OH is 4. The van der Waals surface area contributed by atoms with Crippen molar-refractivity contribution in [3.8, 4) is 0 Å². The summed E-state index contributed by atoms with van der Waals surface area (Å²) in [4.78, 5) is 295. The lowest BCUT2D eigenvalue weighted by Gasteiger charge is -2.30. The first-order valence-electron chi connectivity index (χ1n) is 40.9. The fraction of sp³-hybridized carbons (Fsp3) is 0.689. The van der Waals surface area contributed by atoms with E-state index in [4.69, 9.17) is 28.7 Å². The molecule has 18 atom stereocenters. The fourth-order valence-electron chi connectivity index (χ4n) is 12.2. The number of carboxylic acid groups (broad SMARTS) is 6. The SMILES string of the molecule is CC(C)[C@H](NC(=O)[C@H](CO)NC(=O)[C@H](CO)NC(=O)[C@H](CCCN=C(N)N)NC(=O)[C@@H]1CCCN1C(=O)[C@H](C)NC(=O)[C@H](CCC(=O)O)NC(=O)[C@H](CCC(=O)O)NC(=O)[C@@H](N)CCCCN)C(=O)N[C@H](C(=O)N[C@@H](CCC(=O)O)C(=O)N[C@H](C(=O)N[C@@H](CCC(=O)O)C(=O)N[C@@H](C)C(=O)N[C@@H](CC(=O)O)C(=O)NCC(=O)N[C@@H](CCCCN)C(=O)O)[C@@H](C)O)[C@@H](C)O. The normalized spacial score (nSPS) is 16.2. The topological polar surface area (TPSA) is 904 Å². The molecule has 16 amide bonds. The highest BCUT2D eigenvalue weighted by molar-refractivity contribution is 6.02. The van der Waals surface area contributed by atoms with Crippen LogP contribution in [0.2, 0.25) is 0 Å². The van der Waals surface area contributed by atoms with E-state index in [0.29, 0.717) is 32.2 Å². The summed E-state index contributed by atoms with van der Waals surface area (Å²) in [5, 5.41) is 133. The number of carbonyl (C=O) groups excluding carboxylic acids is 16. The maximum atomic E-state index is 14.2. The summed E-state index contributed by atoms with van der Waals surface area (Å²) in [7, 11) is 0. The van der Waals surface area contributed by atoms with Gasteiger partial charge in [0.2, 0.25) is 94.5 Å². The number of aliphatic imine (C=N–C) groups is 1. The van der Waals surface area contributed by atoms with Gasteiger partial charge in [-0.2, -0.15) is 0 Å². The second kappa shape index (κ2) is 58.6. The van der Waals surface area contributed by atoms with Gasteiger partial charge in [0.15, 0.2) is 5.96 Å². The fourth-order valence-corrected chi connectivity index (χ4v) is 12.2. The van der Waals surface area contributed by atoms with Crippen molar-refractivity contribution in [2.75, 3.05) is 45.9 Å². The van der Waals surface area contributed by atoms with Gasteiger partial charge in [0.25, 0.3) is 0 Å². The zero-order valence-electron chi connectivity index (χ0n) is 71.6. The number of amides is 16. The van der Waals surface area contributed by atoms with Crippen molar-refractivity contribution in [3.63, 3.8) is 0 Å². The van der Waals surface area contributed by atoms with E-state index in [9.17, 15) is 157 Å². The molecule has 1 aliphatic heterocycles. The van der Waals surface area contributed by atoms with Crippen LogP contribution >= 0.6 is 0 Å². The number of carboxylic acids is 6. The number of rotatable bonds is 63. The van der Waals surface area contributed by atoms with E-state index in [0.717, 1.165) is 25.7 Å². The number of guanidine groups is 1. The highest BCUT2D eigenvalue weighted by Gasteiger charge is 2.42. The van der Waals surface area contributed by atoms with E-state index in [1.165, 1.54) is 20.8 Å². The molecule has 0 aromatic heterocycles. The first kappa shape index (κ1) is 113. The van der Waals surface area contributed by atoms with E-state index < -0.39 is 323 Å². The second-order valence-corrected chi connectivity index (χ2v) is 30.3. The van der Waals surface area contributed by atoms with E-state index in [1.54, 1.807) is 0 Å². The molecule has 0 spiro atoms. The van der Waals surface area contributed by atoms with E-state index in [1.807, 2.05) is 5.32 Å². The molecule has 0 unspecified atom stereocenters. The first-order chi connectivity index (χ1) is 59.9. The van der Waals surface area contributed by atoms with Crippen LogP contribution in [0.15, 0.2) is 4.99 Å². The lowest BCUT2D eigenvalue weighted by Crippen LogP contribution is -2.63. The summed E-state index contributed by atoms with van der Waals surface area (Å²) in [5.74, 6) is -29.8. The van der Waals surface area contributed by atoms with E-state index >= 15 is 0 Å². The number of nitrogens with zero attached hydrogens (tertiary/aromatic N) is 2. The van der Waals surface area contributed by atoms with Gasteiger partial charge in [0.1, 0.15) is 90.6 Å². The van der Waals surface area contributed by atoms with Crippen LogP contribution in [0, 0.1) is 5.92 Å². The van der Waals surface area contributed by atoms with Gasteiger partial charge in [-0.05, 0) is 130 Å². The Morgan fingerprint density at radius 2 is 0.750 bits per heavy atom. The number of aliphatic carboxylic acids is 6. The molecule has 1 fully saturated rings. The van der Waals surface area contributed by atoms with Crippen LogP contribution in [0.3, 0.4) is 0 Å². The monoisotopic (exact) mass is 1830 g/mol. The number of hydrogen-bond donors (Lipinski definition) is 30. The minimum atomic E-state index is -2.18. The highest BCUT2D eigenvalue weighted by atomic mass is 16.4. The predicted octanol–water partition coefficient (Wildman–Crippen LogP) is -13.0. The minimum absolute atomic E-state index is 0.0332. The van der Waals surface area contributed by atoms with Gasteiger partial charge in [0, 0.05) is 38.8 Å². The molecule has 54 nitrogen and oxygen atoms in total. The first-order valence-corrected chi connectivity index (χ1v) is 40.9. The Hall–Kier alpha value is -12.7. The van der Waals surface area contributed by atoms with Gasteiger partial charge in [-0.15, -0.1) is 0 Å². The Morgan fingerprint density at radius 1 is 0.383 bits per heavy atom. The molecule has 1 saturated heterocycles. The van der Waals surface area contributed by atoms with Gasteiger partial charge < -0.3 is 164 Å². The number of likely N-dealkylation sites (tertiary alicyclic amines) is 1. The van der Waals surface area contributed by atoms with Crippen LogP contribution in [0.5, 0.6) is 0 Å². The van der Waals surface area contributed by atoms with Crippen molar-refractivity contribution < 1.29 is 157 Å². The highest BCUT2D eigenvalue weighted by Crippen LogP contribution is 2.21. The molecule has 0 bridgehead atoms. The molecular formula is C74H124N22O32. The zero-order chi connectivity index (χ0) is 97.5. The lowest BCUT2D eigenvalue weighted by atomic mass is 10.0. The number of hydrogen-bond acceptors (Lipinski definition) is 30. The van der Waals surface area contributed by atoms with Crippen molar-refractivity contribution in [1.29, 1.82) is 0 Å². The molecule has 35 N–H and O–H groups in total. The summed E-state index contributed by atoms with van der Waals surface area (Å²) in [6.45, 7) is 3.59. The maximum Gasteiger partial charge on any atom is 0.326 e. The molecule has 0 aromatic rings. The molecule has 722 valence electrons. The Kier molecular flexibility index (Phi) is 51.9. The molecule has 0 radical (unpaired) electrons. The molecule has 54 heteroatoms. The van der Waals surface area contributed by atoms with Crippen LogP contribution in [-0.4, -0.2) is 347 Å². The maximum absolute atomic E-state index is 14.2. The Balaban J connectivity index is 3.44. The van der Waals surface area contributed by atoms with Gasteiger partial charge in [-0.1, -0.05) is 20.3 Å². The summed E-state index contributed by atoms with van der Waals surface area (Å²) in [5.41, 5.74) is 27.9. The number of unbranched alkanes of at least 4 members (excludes halogenated alkanes) is 2. The Labute approximate surface area is 732 Å². The van der Waals surface area contributed by atoms with Crippen molar-refractivity contribution in [2.45, 2.75) is 272 Å². The van der Waals surface area contributed by atoms with Crippen LogP contribution in [0.4, 0.5) is 0 Å². The van der Waals surface area contributed by atoms with Gasteiger partial charge >= 0.3 is 35.8 Å². The average molecular weight is 1830 g/mol. The van der Waals surface area contributed by atoms with Crippen molar-refractivity contribution >= 4 is 136 Å². The van der Waals surface area contributed by atoms with Gasteiger partial charge in [-0.25, -0.2) is 4.79 Å². The molecule has 1 aliphatic rings. The van der Waals surface area contributed by atoms with Crippen LogP contribution in [0.25, 0.3) is 0 Å². The summed E-state index contributed by atoms with van der Waals surface area (Å²) >= 11 is 0.